The molecule has 0 spiro atoms. The van der Waals surface area contributed by atoms with Gasteiger partial charge < -0.3 is 11.1 Å². The van der Waals surface area contributed by atoms with Crippen molar-refractivity contribution in [1.29, 1.82) is 0 Å². The molecule has 1 amide bonds. The third-order valence-electron chi connectivity index (χ3n) is 3.64. The molecule has 1 aliphatic rings. The molecule has 1 heterocycles. The zero-order chi connectivity index (χ0) is 13.9. The van der Waals surface area contributed by atoms with Crippen molar-refractivity contribution in [2.45, 2.75) is 25.2 Å². The molecule has 1 aromatic heterocycles. The Morgan fingerprint density at radius 1 is 1.35 bits per heavy atom. The molecule has 1 aliphatic carbocycles. The van der Waals surface area contributed by atoms with Crippen LogP contribution in [0.3, 0.4) is 0 Å². The normalized spacial score (nSPS) is 14.4. The predicted octanol–water partition coefficient (Wildman–Crippen LogP) is 2.19. The first-order valence-corrected chi connectivity index (χ1v) is 7.17. The summed E-state index contributed by atoms with van der Waals surface area (Å²) in [7, 11) is 0. The summed E-state index contributed by atoms with van der Waals surface area (Å²) >= 11 is 0. The molecule has 0 unspecified atom stereocenters. The largest absolute Gasteiger partial charge is 0.352 e. The van der Waals surface area contributed by atoms with Gasteiger partial charge in [-0.25, -0.2) is 0 Å². The van der Waals surface area contributed by atoms with E-state index in [1.165, 1.54) is 12.8 Å². The first-order valence-electron chi connectivity index (χ1n) is 7.17. The summed E-state index contributed by atoms with van der Waals surface area (Å²) in [5, 5.41) is 3.85. The quantitative estimate of drug-likeness (QED) is 0.818. The van der Waals surface area contributed by atoms with Crippen LogP contribution in [0.1, 0.15) is 41.2 Å². The molecule has 104 valence electrons. The summed E-state index contributed by atoms with van der Waals surface area (Å²) in [5.74, 6) is 0.508. The van der Waals surface area contributed by atoms with Crippen molar-refractivity contribution in [3.8, 4) is 0 Å². The van der Waals surface area contributed by atoms with E-state index in [1.54, 1.807) is 0 Å². The van der Waals surface area contributed by atoms with Gasteiger partial charge in [0.05, 0.1) is 11.1 Å². The van der Waals surface area contributed by atoms with Crippen LogP contribution in [0.15, 0.2) is 30.3 Å². The first kappa shape index (κ1) is 13.1. The molecule has 1 saturated carbocycles. The number of nitrogens with zero attached hydrogens (tertiary/aromatic N) is 1. The third kappa shape index (κ3) is 2.65. The van der Waals surface area contributed by atoms with Gasteiger partial charge in [0.25, 0.3) is 5.91 Å². The van der Waals surface area contributed by atoms with Crippen LogP contribution in [-0.4, -0.2) is 24.0 Å². The van der Waals surface area contributed by atoms with E-state index in [0.717, 1.165) is 28.6 Å². The van der Waals surface area contributed by atoms with Gasteiger partial charge in [0, 0.05) is 23.5 Å². The standard InChI is InChI=1S/C16H19N3O/c17-8-3-9-18-16(20)13-10-15(11-6-7-11)19-14-5-2-1-4-12(13)14/h1-2,4-5,10-11H,3,6-9,17H2,(H,18,20). The van der Waals surface area contributed by atoms with Gasteiger partial charge in [0.2, 0.25) is 0 Å². The molecule has 4 heteroatoms. The lowest BCUT2D eigenvalue weighted by molar-refractivity contribution is 0.0955. The van der Waals surface area contributed by atoms with E-state index in [0.29, 0.717) is 19.0 Å². The van der Waals surface area contributed by atoms with Crippen LogP contribution >= 0.6 is 0 Å². The molecule has 2 aromatic rings. The molecule has 0 bridgehead atoms. The molecular formula is C16H19N3O. The number of nitrogens with two attached hydrogens (primary N) is 1. The highest BCUT2D eigenvalue weighted by Crippen LogP contribution is 2.40. The smallest absolute Gasteiger partial charge is 0.252 e. The maximum atomic E-state index is 12.3. The Morgan fingerprint density at radius 2 is 2.15 bits per heavy atom. The minimum atomic E-state index is -0.0287. The second-order valence-corrected chi connectivity index (χ2v) is 5.28. The summed E-state index contributed by atoms with van der Waals surface area (Å²) in [6.07, 6.45) is 3.16. The number of nitrogens with one attached hydrogen (secondary N) is 1. The number of benzene rings is 1. The lowest BCUT2D eigenvalue weighted by atomic mass is 10.1. The van der Waals surface area contributed by atoms with Gasteiger partial charge in [-0.2, -0.15) is 0 Å². The molecule has 3 N–H and O–H groups in total. The summed E-state index contributed by atoms with van der Waals surface area (Å²) in [6, 6.07) is 9.78. The second-order valence-electron chi connectivity index (χ2n) is 5.28. The van der Waals surface area contributed by atoms with Gasteiger partial charge >= 0.3 is 0 Å². The average molecular weight is 269 g/mol. The number of aromatic nitrogens is 1. The van der Waals surface area contributed by atoms with Crippen LogP contribution in [0.25, 0.3) is 10.9 Å². The molecule has 3 rings (SSSR count). The van der Waals surface area contributed by atoms with Crippen LogP contribution in [0, 0.1) is 0 Å². The first-order chi connectivity index (χ1) is 9.79. The van der Waals surface area contributed by atoms with Crippen LogP contribution in [-0.2, 0) is 0 Å². The Morgan fingerprint density at radius 3 is 2.90 bits per heavy atom. The van der Waals surface area contributed by atoms with Crippen LogP contribution in [0.5, 0.6) is 0 Å². The fourth-order valence-corrected chi connectivity index (χ4v) is 2.37. The number of pyridine rings is 1. The zero-order valence-electron chi connectivity index (χ0n) is 11.4. The number of hydrogen-bond donors (Lipinski definition) is 2. The minimum Gasteiger partial charge on any atom is -0.352 e. The number of fused-ring (bicyclic) bond motifs is 1. The van der Waals surface area contributed by atoms with Crippen molar-refractivity contribution in [2.75, 3.05) is 13.1 Å². The Hall–Kier alpha value is -1.94. The summed E-state index contributed by atoms with van der Waals surface area (Å²) in [6.45, 7) is 1.20. The molecule has 0 atom stereocenters. The Labute approximate surface area is 118 Å². The van der Waals surface area contributed by atoms with E-state index < -0.39 is 0 Å². The molecule has 4 nitrogen and oxygen atoms in total. The lowest BCUT2D eigenvalue weighted by Crippen LogP contribution is -2.26. The minimum absolute atomic E-state index is 0.0287. The monoisotopic (exact) mass is 269 g/mol. The molecule has 20 heavy (non-hydrogen) atoms. The van der Waals surface area contributed by atoms with Crippen molar-refractivity contribution >= 4 is 16.8 Å². The second kappa shape index (κ2) is 5.59. The van der Waals surface area contributed by atoms with Gasteiger partial charge in [-0.1, -0.05) is 18.2 Å². The lowest BCUT2D eigenvalue weighted by Gasteiger charge is -2.09. The van der Waals surface area contributed by atoms with Gasteiger partial charge in [-0.3, -0.25) is 9.78 Å². The van der Waals surface area contributed by atoms with Crippen molar-refractivity contribution < 1.29 is 4.79 Å². The van der Waals surface area contributed by atoms with Gasteiger partial charge in [-0.15, -0.1) is 0 Å². The number of carbonyl (C=O) groups is 1. The van der Waals surface area contributed by atoms with Gasteiger partial charge in [-0.05, 0) is 37.9 Å². The predicted molar refractivity (Wildman–Crippen MR) is 79.7 cm³/mol. The maximum Gasteiger partial charge on any atom is 0.252 e. The Kier molecular flexibility index (Phi) is 3.65. The van der Waals surface area contributed by atoms with Crippen molar-refractivity contribution in [2.24, 2.45) is 5.73 Å². The van der Waals surface area contributed by atoms with E-state index in [1.807, 2.05) is 30.3 Å². The van der Waals surface area contributed by atoms with E-state index in [4.69, 9.17) is 5.73 Å². The van der Waals surface area contributed by atoms with E-state index in [-0.39, 0.29) is 5.91 Å². The SMILES string of the molecule is NCCCNC(=O)c1cc(C2CC2)nc2ccccc12. The third-order valence-corrected chi connectivity index (χ3v) is 3.64. The molecule has 0 saturated heterocycles. The molecular weight excluding hydrogens is 250 g/mol. The average Bonchev–Trinajstić information content (AvgIpc) is 3.31. The maximum absolute atomic E-state index is 12.3. The topological polar surface area (TPSA) is 68.0 Å². The van der Waals surface area contributed by atoms with Crippen LogP contribution in [0.4, 0.5) is 0 Å². The summed E-state index contributed by atoms with van der Waals surface area (Å²) < 4.78 is 0. The van der Waals surface area contributed by atoms with E-state index in [2.05, 4.69) is 10.3 Å². The molecule has 1 aromatic carbocycles. The molecule has 0 radical (unpaired) electrons. The van der Waals surface area contributed by atoms with Crippen molar-refractivity contribution in [3.05, 3.63) is 41.6 Å². The number of rotatable bonds is 5. The Balaban J connectivity index is 1.96. The summed E-state index contributed by atoms with van der Waals surface area (Å²) in [5.41, 5.74) is 8.14. The fourth-order valence-electron chi connectivity index (χ4n) is 2.37. The highest BCUT2D eigenvalue weighted by Gasteiger charge is 2.26. The van der Waals surface area contributed by atoms with E-state index in [9.17, 15) is 4.79 Å². The van der Waals surface area contributed by atoms with Crippen molar-refractivity contribution in [1.82, 2.24) is 10.3 Å². The Bertz CT molecular complexity index is 635. The highest BCUT2D eigenvalue weighted by atomic mass is 16.1. The molecule has 1 fully saturated rings. The number of amides is 1. The van der Waals surface area contributed by atoms with Crippen LogP contribution < -0.4 is 11.1 Å². The zero-order valence-corrected chi connectivity index (χ0v) is 11.4. The fraction of sp³-hybridized carbons (Fsp3) is 0.375. The molecule has 0 aliphatic heterocycles. The van der Waals surface area contributed by atoms with Crippen LogP contribution in [0.2, 0.25) is 0 Å². The highest BCUT2D eigenvalue weighted by molar-refractivity contribution is 6.06. The van der Waals surface area contributed by atoms with Crippen molar-refractivity contribution in [3.63, 3.8) is 0 Å². The number of para-hydroxylation sites is 1. The summed E-state index contributed by atoms with van der Waals surface area (Å²) in [4.78, 5) is 17.0. The van der Waals surface area contributed by atoms with Gasteiger partial charge in [0.1, 0.15) is 0 Å². The van der Waals surface area contributed by atoms with Gasteiger partial charge in [0.15, 0.2) is 0 Å². The number of hydrogen-bond acceptors (Lipinski definition) is 3. The van der Waals surface area contributed by atoms with E-state index >= 15 is 0 Å². The number of carbonyl (C=O) groups excluding carboxylic acids is 1.